The standard InChI is InChI=1S/C67H130O17P2/c1-57(2)43-35-27-19-15-11-9-13-17-21-31-39-47-64(69)77-53-62(83-66(71)49-41-33-22-18-14-10-12-16-20-28-36-44-58(3)4)55-81-85(73,74)79-51-61(68)52-80-86(75,76)82-56-63(84-67(72)50-42-34-26-24-30-38-46-60(7)8)54-78-65(70)48-40-32-25-23-29-37-45-59(5)6/h57-63,68H,9-56H2,1-8H3,(H,73,74)(H,75,76)/t61-,62-,63-/m1/s1. The van der Waals surface area contributed by atoms with E-state index in [4.69, 9.17) is 37.0 Å². The summed E-state index contributed by atoms with van der Waals surface area (Å²) in [6.45, 7) is 13.9. The van der Waals surface area contributed by atoms with E-state index in [-0.39, 0.29) is 25.7 Å². The van der Waals surface area contributed by atoms with Crippen LogP contribution in [0.1, 0.15) is 325 Å². The van der Waals surface area contributed by atoms with Gasteiger partial charge in [0.1, 0.15) is 19.3 Å². The van der Waals surface area contributed by atoms with E-state index in [1.54, 1.807) is 0 Å². The van der Waals surface area contributed by atoms with Crippen molar-refractivity contribution < 1.29 is 80.2 Å². The van der Waals surface area contributed by atoms with Crippen LogP contribution in [0.15, 0.2) is 0 Å². The first-order valence-corrected chi connectivity index (χ1v) is 37.7. The van der Waals surface area contributed by atoms with Gasteiger partial charge in [0.2, 0.25) is 0 Å². The van der Waals surface area contributed by atoms with Gasteiger partial charge in [-0.1, -0.05) is 274 Å². The van der Waals surface area contributed by atoms with E-state index in [0.717, 1.165) is 108 Å². The van der Waals surface area contributed by atoms with Crippen molar-refractivity contribution in [3.05, 3.63) is 0 Å². The minimum absolute atomic E-state index is 0.100. The summed E-state index contributed by atoms with van der Waals surface area (Å²) in [5.74, 6) is 0.746. The fraction of sp³-hybridized carbons (Fsp3) is 0.940. The van der Waals surface area contributed by atoms with Gasteiger partial charge in [-0.15, -0.1) is 0 Å². The number of aliphatic hydroxyl groups is 1. The summed E-state index contributed by atoms with van der Waals surface area (Å²) in [6, 6.07) is 0. The summed E-state index contributed by atoms with van der Waals surface area (Å²) >= 11 is 0. The molecule has 5 atom stereocenters. The Morgan fingerprint density at radius 3 is 0.721 bits per heavy atom. The molecule has 0 aromatic carbocycles. The quantitative estimate of drug-likeness (QED) is 0.0222. The fourth-order valence-corrected chi connectivity index (χ4v) is 11.5. The van der Waals surface area contributed by atoms with Gasteiger partial charge in [0.25, 0.3) is 0 Å². The average molecular weight is 1270 g/mol. The number of hydrogen-bond donors (Lipinski definition) is 3. The number of carbonyl (C=O) groups excluding carboxylic acids is 4. The monoisotopic (exact) mass is 1270 g/mol. The maximum atomic E-state index is 13.0. The third kappa shape index (κ3) is 60.9. The second-order valence-corrected chi connectivity index (χ2v) is 29.0. The molecule has 0 aliphatic rings. The number of aliphatic hydroxyl groups excluding tert-OH is 1. The number of esters is 4. The Morgan fingerprint density at radius 1 is 0.291 bits per heavy atom. The minimum atomic E-state index is -4.95. The minimum Gasteiger partial charge on any atom is -0.462 e. The average Bonchev–Trinajstić information content (AvgIpc) is 3.62. The molecule has 0 aromatic heterocycles. The Morgan fingerprint density at radius 2 is 0.488 bits per heavy atom. The molecule has 0 radical (unpaired) electrons. The lowest BCUT2D eigenvalue weighted by molar-refractivity contribution is -0.161. The van der Waals surface area contributed by atoms with Crippen molar-refractivity contribution in [3.8, 4) is 0 Å². The predicted octanol–water partition coefficient (Wildman–Crippen LogP) is 18.5. The lowest BCUT2D eigenvalue weighted by Gasteiger charge is -2.21. The van der Waals surface area contributed by atoms with E-state index in [9.17, 15) is 43.2 Å². The van der Waals surface area contributed by atoms with Gasteiger partial charge in [0, 0.05) is 25.7 Å². The molecule has 0 aromatic rings. The molecule has 0 amide bonds. The molecule has 19 heteroatoms. The van der Waals surface area contributed by atoms with Gasteiger partial charge in [-0.25, -0.2) is 9.13 Å². The Kier molecular flexibility index (Phi) is 55.7. The Balaban J connectivity index is 5.24. The molecule has 2 unspecified atom stereocenters. The molecule has 3 N–H and O–H groups in total. The van der Waals surface area contributed by atoms with Crippen LogP contribution in [0.25, 0.3) is 0 Å². The van der Waals surface area contributed by atoms with Crippen LogP contribution in [-0.2, 0) is 65.4 Å². The molecule has 86 heavy (non-hydrogen) atoms. The van der Waals surface area contributed by atoms with E-state index in [1.807, 2.05) is 0 Å². The van der Waals surface area contributed by atoms with Crippen LogP contribution < -0.4 is 0 Å². The van der Waals surface area contributed by atoms with E-state index < -0.39 is 97.5 Å². The number of hydrogen-bond acceptors (Lipinski definition) is 15. The zero-order chi connectivity index (χ0) is 63.9. The Labute approximate surface area is 524 Å². The Hall–Kier alpha value is -1.94. The molecule has 0 fully saturated rings. The molecule has 0 saturated carbocycles. The molecule has 0 rings (SSSR count). The lowest BCUT2D eigenvalue weighted by atomic mass is 10.0. The van der Waals surface area contributed by atoms with Gasteiger partial charge in [0.15, 0.2) is 12.2 Å². The third-order valence-corrected chi connectivity index (χ3v) is 17.2. The number of rotatable bonds is 64. The van der Waals surface area contributed by atoms with Crippen molar-refractivity contribution in [1.29, 1.82) is 0 Å². The highest BCUT2D eigenvalue weighted by Gasteiger charge is 2.30. The summed E-state index contributed by atoms with van der Waals surface area (Å²) in [5.41, 5.74) is 0. The first-order chi connectivity index (χ1) is 41.1. The van der Waals surface area contributed by atoms with Gasteiger partial charge < -0.3 is 33.8 Å². The molecular weight excluding hydrogens is 1140 g/mol. The maximum Gasteiger partial charge on any atom is 0.472 e. The van der Waals surface area contributed by atoms with E-state index in [1.165, 1.54) is 122 Å². The molecule has 0 saturated heterocycles. The van der Waals surface area contributed by atoms with Crippen molar-refractivity contribution >= 4 is 39.5 Å². The van der Waals surface area contributed by atoms with Gasteiger partial charge in [-0.3, -0.25) is 37.3 Å². The molecule has 0 aliphatic carbocycles. The van der Waals surface area contributed by atoms with Gasteiger partial charge >= 0.3 is 39.5 Å². The van der Waals surface area contributed by atoms with Crippen LogP contribution in [0.4, 0.5) is 0 Å². The summed E-state index contributed by atoms with van der Waals surface area (Å²) in [6.07, 6.45) is 37.9. The molecule has 0 spiro atoms. The van der Waals surface area contributed by atoms with Crippen molar-refractivity contribution in [1.82, 2.24) is 0 Å². The first kappa shape index (κ1) is 84.1. The van der Waals surface area contributed by atoms with Crippen LogP contribution in [0.5, 0.6) is 0 Å². The Bertz CT molecular complexity index is 1710. The normalized spacial score (nSPS) is 14.4. The largest absolute Gasteiger partial charge is 0.472 e. The van der Waals surface area contributed by atoms with Crippen LogP contribution >= 0.6 is 15.6 Å². The van der Waals surface area contributed by atoms with Gasteiger partial charge in [-0.2, -0.15) is 0 Å². The van der Waals surface area contributed by atoms with Crippen LogP contribution in [0.3, 0.4) is 0 Å². The predicted molar refractivity (Wildman–Crippen MR) is 344 cm³/mol. The molecule has 0 aliphatic heterocycles. The van der Waals surface area contributed by atoms with Gasteiger partial charge in [0.05, 0.1) is 26.4 Å². The smallest absolute Gasteiger partial charge is 0.462 e. The SMILES string of the molecule is CC(C)CCCCCCCCCCCCCC(=O)OC[C@H](COP(=O)(O)OC[C@@H](O)COP(=O)(O)OC[C@@H](COC(=O)CCCCCCCCC(C)C)OC(=O)CCCCCCCCC(C)C)OC(=O)CCCCCCCCCCCCCC(C)C. The second-order valence-electron chi connectivity index (χ2n) is 26.1. The van der Waals surface area contributed by atoms with E-state index in [0.29, 0.717) is 37.5 Å². The number of phosphoric acid groups is 2. The highest BCUT2D eigenvalue weighted by Crippen LogP contribution is 2.45. The summed E-state index contributed by atoms with van der Waals surface area (Å²) in [7, 11) is -9.89. The second kappa shape index (κ2) is 57.0. The van der Waals surface area contributed by atoms with Gasteiger partial charge in [-0.05, 0) is 49.4 Å². The maximum absolute atomic E-state index is 13.0. The molecule has 510 valence electrons. The number of phosphoric ester groups is 2. The number of ether oxygens (including phenoxy) is 4. The molecular formula is C67H130O17P2. The van der Waals surface area contributed by atoms with E-state index in [2.05, 4.69) is 55.4 Å². The molecule has 0 bridgehead atoms. The molecule has 0 heterocycles. The summed E-state index contributed by atoms with van der Waals surface area (Å²) < 4.78 is 68.1. The van der Waals surface area contributed by atoms with Crippen LogP contribution in [0, 0.1) is 23.7 Å². The van der Waals surface area contributed by atoms with Crippen molar-refractivity contribution in [2.75, 3.05) is 39.6 Å². The molecule has 17 nitrogen and oxygen atoms in total. The van der Waals surface area contributed by atoms with Crippen LogP contribution in [-0.4, -0.2) is 96.7 Å². The van der Waals surface area contributed by atoms with Crippen molar-refractivity contribution in [2.45, 2.75) is 343 Å². The zero-order valence-electron chi connectivity index (χ0n) is 55.9. The lowest BCUT2D eigenvalue weighted by Crippen LogP contribution is -2.30. The van der Waals surface area contributed by atoms with Crippen LogP contribution in [0.2, 0.25) is 0 Å². The van der Waals surface area contributed by atoms with Crippen molar-refractivity contribution in [3.63, 3.8) is 0 Å². The third-order valence-electron chi connectivity index (χ3n) is 15.3. The highest BCUT2D eigenvalue weighted by molar-refractivity contribution is 7.47. The zero-order valence-corrected chi connectivity index (χ0v) is 57.7. The highest BCUT2D eigenvalue weighted by atomic mass is 31.2. The summed E-state index contributed by atoms with van der Waals surface area (Å²) in [5, 5.41) is 10.6. The summed E-state index contributed by atoms with van der Waals surface area (Å²) in [4.78, 5) is 72.3. The number of unbranched alkanes of at least 4 members (excludes halogenated alkanes) is 30. The first-order valence-electron chi connectivity index (χ1n) is 34.7. The number of carbonyl (C=O) groups is 4. The van der Waals surface area contributed by atoms with E-state index >= 15 is 0 Å². The van der Waals surface area contributed by atoms with Crippen molar-refractivity contribution in [2.24, 2.45) is 23.7 Å². The fourth-order valence-electron chi connectivity index (χ4n) is 9.96. The topological polar surface area (TPSA) is 237 Å².